The van der Waals surface area contributed by atoms with Crippen LogP contribution in [0.5, 0.6) is 0 Å². The Balaban J connectivity index is 2.72. The molecule has 0 radical (unpaired) electrons. The molecule has 0 saturated carbocycles. The number of aliphatic carboxylic acids is 1. The number of carbonyl (C=O) groups excluding carboxylic acids is 3. The van der Waals surface area contributed by atoms with Crippen molar-refractivity contribution in [1.82, 2.24) is 0 Å². The minimum Gasteiger partial charge on any atom is -0.479 e. The lowest BCUT2D eigenvalue weighted by atomic mass is 9.98. The molecule has 0 bridgehead atoms. The van der Waals surface area contributed by atoms with Crippen molar-refractivity contribution in [3.8, 4) is 0 Å². The summed E-state index contributed by atoms with van der Waals surface area (Å²) in [6, 6.07) is 0. The summed E-state index contributed by atoms with van der Waals surface area (Å²) < 4.78 is 28.4. The Kier molecular flexibility index (Phi) is 46.2. The van der Waals surface area contributed by atoms with Crippen molar-refractivity contribution in [2.75, 3.05) is 13.2 Å². The van der Waals surface area contributed by atoms with Gasteiger partial charge in [-0.25, -0.2) is 4.79 Å². The number of ether oxygens (including phenoxy) is 5. The number of carbonyl (C=O) groups is 4. The zero-order valence-corrected chi connectivity index (χ0v) is 46.8. The van der Waals surface area contributed by atoms with Gasteiger partial charge < -0.3 is 39.0 Å². The average Bonchev–Trinajstić information content (AvgIpc) is 3.39. The highest BCUT2D eigenvalue weighted by molar-refractivity contribution is 5.74. The fourth-order valence-corrected chi connectivity index (χ4v) is 8.23. The molecular formula is C63H102O12. The number of rotatable bonds is 48. The second-order valence-electron chi connectivity index (χ2n) is 19.5. The molecule has 1 heterocycles. The third-order valence-corrected chi connectivity index (χ3v) is 12.7. The number of carboxylic acid groups (broad SMARTS) is 1. The molecule has 12 heteroatoms. The SMILES string of the molecule is CC/C=C\C/C=C\C/C=C\C/C=C\C/C=C\CCCCCC(=O)OCC(COC1OC(C(=O)O)C(O)C(O)C1OC(=O)CCCCCCCCCCCCC)OC(=O)CCCCCCC/C=C\C/C=C\C/C=C\CC. The normalized spacial score (nSPS) is 18.9. The second-order valence-corrected chi connectivity index (χ2v) is 19.5. The Morgan fingerprint density at radius 3 is 1.29 bits per heavy atom. The first-order valence-corrected chi connectivity index (χ1v) is 29.2. The van der Waals surface area contributed by atoms with Crippen LogP contribution in [0.1, 0.15) is 226 Å². The van der Waals surface area contributed by atoms with E-state index in [4.69, 9.17) is 23.7 Å². The maximum absolute atomic E-state index is 13.1. The van der Waals surface area contributed by atoms with Crippen LogP contribution in [0.25, 0.3) is 0 Å². The van der Waals surface area contributed by atoms with Gasteiger partial charge in [0.15, 0.2) is 24.6 Å². The molecule has 0 aromatic heterocycles. The fraction of sp³-hybridized carbons (Fsp3) is 0.683. The van der Waals surface area contributed by atoms with Gasteiger partial charge in [-0.15, -0.1) is 0 Å². The summed E-state index contributed by atoms with van der Waals surface area (Å²) in [5, 5.41) is 31.4. The monoisotopic (exact) mass is 1050 g/mol. The molecule has 6 atom stereocenters. The predicted molar refractivity (Wildman–Crippen MR) is 303 cm³/mol. The van der Waals surface area contributed by atoms with Crippen LogP contribution >= 0.6 is 0 Å². The number of carboxylic acids is 1. The first-order valence-electron chi connectivity index (χ1n) is 29.2. The van der Waals surface area contributed by atoms with Gasteiger partial charge in [0.1, 0.15) is 18.8 Å². The van der Waals surface area contributed by atoms with Gasteiger partial charge in [0.25, 0.3) is 0 Å². The topological polar surface area (TPSA) is 175 Å². The molecule has 1 aliphatic rings. The Hall–Kier alpha value is -4.36. The number of hydrogen-bond donors (Lipinski definition) is 3. The first kappa shape index (κ1) is 68.7. The average molecular weight is 1050 g/mol. The molecule has 1 aliphatic heterocycles. The molecule has 12 nitrogen and oxygen atoms in total. The Labute approximate surface area is 453 Å². The minimum absolute atomic E-state index is 0.0531. The molecule has 0 amide bonds. The maximum atomic E-state index is 13.1. The molecule has 1 fully saturated rings. The van der Waals surface area contributed by atoms with Gasteiger partial charge in [-0.2, -0.15) is 0 Å². The zero-order valence-electron chi connectivity index (χ0n) is 46.8. The highest BCUT2D eigenvalue weighted by atomic mass is 16.7. The van der Waals surface area contributed by atoms with E-state index in [9.17, 15) is 34.5 Å². The molecule has 0 aromatic rings. The third-order valence-electron chi connectivity index (χ3n) is 12.7. The van der Waals surface area contributed by atoms with Gasteiger partial charge in [0.2, 0.25) is 0 Å². The summed E-state index contributed by atoms with van der Waals surface area (Å²) in [7, 11) is 0. The number of esters is 3. The summed E-state index contributed by atoms with van der Waals surface area (Å²) >= 11 is 0. The van der Waals surface area contributed by atoms with Crippen molar-refractivity contribution in [3.05, 3.63) is 97.2 Å². The van der Waals surface area contributed by atoms with Gasteiger partial charge in [-0.1, -0.05) is 208 Å². The van der Waals surface area contributed by atoms with Gasteiger partial charge in [0, 0.05) is 19.3 Å². The Morgan fingerprint density at radius 2 is 0.840 bits per heavy atom. The molecule has 1 saturated heterocycles. The van der Waals surface area contributed by atoms with Crippen molar-refractivity contribution < 1.29 is 58.2 Å². The number of hydrogen-bond acceptors (Lipinski definition) is 11. The van der Waals surface area contributed by atoms with Crippen LogP contribution in [0.15, 0.2) is 97.2 Å². The highest BCUT2D eigenvalue weighted by Gasteiger charge is 2.50. The molecule has 1 rings (SSSR count). The van der Waals surface area contributed by atoms with Crippen LogP contribution in [0, 0.1) is 0 Å². The quantitative estimate of drug-likeness (QED) is 0.0228. The lowest BCUT2D eigenvalue weighted by molar-refractivity contribution is -0.301. The van der Waals surface area contributed by atoms with Crippen LogP contribution < -0.4 is 0 Å². The van der Waals surface area contributed by atoms with E-state index in [0.29, 0.717) is 19.3 Å². The molecule has 0 spiro atoms. The highest BCUT2D eigenvalue weighted by Crippen LogP contribution is 2.26. The van der Waals surface area contributed by atoms with Crippen molar-refractivity contribution >= 4 is 23.9 Å². The predicted octanol–water partition coefficient (Wildman–Crippen LogP) is 14.9. The number of aliphatic hydroxyl groups is 2. The summed E-state index contributed by atoms with van der Waals surface area (Å²) in [6.45, 7) is 5.70. The van der Waals surface area contributed by atoms with Crippen LogP contribution in [0.3, 0.4) is 0 Å². The summed E-state index contributed by atoms with van der Waals surface area (Å²) in [5.41, 5.74) is 0. The Morgan fingerprint density at radius 1 is 0.453 bits per heavy atom. The van der Waals surface area contributed by atoms with E-state index in [1.54, 1.807) is 0 Å². The second kappa shape index (κ2) is 50.5. The van der Waals surface area contributed by atoms with Crippen LogP contribution in [0.2, 0.25) is 0 Å². The van der Waals surface area contributed by atoms with Gasteiger partial charge in [0.05, 0.1) is 6.61 Å². The molecule has 3 N–H and O–H groups in total. The van der Waals surface area contributed by atoms with E-state index in [-0.39, 0.29) is 25.9 Å². The maximum Gasteiger partial charge on any atom is 0.335 e. The van der Waals surface area contributed by atoms with Crippen LogP contribution in [-0.4, -0.2) is 89.2 Å². The van der Waals surface area contributed by atoms with E-state index >= 15 is 0 Å². The lowest BCUT2D eigenvalue weighted by Crippen LogP contribution is -2.61. The van der Waals surface area contributed by atoms with Gasteiger partial charge in [-0.05, 0) is 96.3 Å². The summed E-state index contributed by atoms with van der Waals surface area (Å²) in [5.74, 6) is -3.19. The minimum atomic E-state index is -1.91. The Bertz CT molecular complexity index is 1670. The van der Waals surface area contributed by atoms with E-state index in [2.05, 4.69) is 118 Å². The van der Waals surface area contributed by atoms with Crippen LogP contribution in [-0.2, 0) is 42.9 Å². The smallest absolute Gasteiger partial charge is 0.335 e. The van der Waals surface area contributed by atoms with E-state index in [1.807, 2.05) is 0 Å². The van der Waals surface area contributed by atoms with Crippen molar-refractivity contribution in [3.63, 3.8) is 0 Å². The lowest BCUT2D eigenvalue weighted by Gasteiger charge is -2.40. The van der Waals surface area contributed by atoms with Crippen molar-refractivity contribution in [2.45, 2.75) is 263 Å². The zero-order chi connectivity index (χ0) is 54.7. The van der Waals surface area contributed by atoms with Crippen molar-refractivity contribution in [1.29, 1.82) is 0 Å². The molecular weight excluding hydrogens is 949 g/mol. The fourth-order valence-electron chi connectivity index (χ4n) is 8.23. The third kappa shape index (κ3) is 40.6. The van der Waals surface area contributed by atoms with E-state index in [0.717, 1.165) is 128 Å². The van der Waals surface area contributed by atoms with Gasteiger partial charge in [-0.3, -0.25) is 14.4 Å². The van der Waals surface area contributed by atoms with Gasteiger partial charge >= 0.3 is 23.9 Å². The molecule has 75 heavy (non-hydrogen) atoms. The standard InChI is InChI=1S/C63H102O12/c1-4-7-10-13-16-19-22-24-26-27-28-29-31-32-35-37-40-43-46-49-55(64)71-52-54(73-56(65)50-47-44-41-39-36-33-30-25-23-20-17-14-11-8-5-2)53-72-63-61(59(68)58(67)60(75-63)62(69)70)74-57(66)51-48-45-42-38-34-21-18-15-12-9-6-3/h7-8,10-11,16-17,19-20,24-26,28-30,32,35,54,58-61,63,67-68H,4-6,9,12-15,18,21-23,27,31,33-34,36-53H2,1-3H3,(H,69,70)/b10-7-,11-8-,19-16-,20-17-,26-24-,29-28-,30-25-,35-32-. The number of unbranched alkanes of at least 4 members (excludes halogenated alkanes) is 18. The molecule has 426 valence electrons. The largest absolute Gasteiger partial charge is 0.479 e. The van der Waals surface area contributed by atoms with Crippen molar-refractivity contribution in [2.24, 2.45) is 0 Å². The molecule has 0 aliphatic carbocycles. The number of aliphatic hydroxyl groups excluding tert-OH is 2. The molecule has 0 aromatic carbocycles. The molecule has 6 unspecified atom stereocenters. The van der Waals surface area contributed by atoms with Crippen LogP contribution in [0.4, 0.5) is 0 Å². The van der Waals surface area contributed by atoms with E-state index in [1.165, 1.54) is 38.5 Å². The van der Waals surface area contributed by atoms with E-state index < -0.39 is 67.3 Å². The number of allylic oxidation sites excluding steroid dienone is 16. The summed E-state index contributed by atoms with van der Waals surface area (Å²) in [4.78, 5) is 51.1. The first-order chi connectivity index (χ1) is 36.6. The summed E-state index contributed by atoms with van der Waals surface area (Å²) in [6.07, 6.45) is 53.8.